The zero-order chi connectivity index (χ0) is 11.3. The van der Waals surface area contributed by atoms with Crippen LogP contribution in [0.3, 0.4) is 0 Å². The smallest absolute Gasteiger partial charge is 0.0826 e. The normalized spacial score (nSPS) is 23.5. The maximum Gasteiger partial charge on any atom is 0.0826 e. The molecule has 0 bridgehead atoms. The van der Waals surface area contributed by atoms with Crippen molar-refractivity contribution < 1.29 is 0 Å². The minimum atomic E-state index is -0.0847. The first-order chi connectivity index (χ1) is 7.60. The minimum absolute atomic E-state index is 0.0847. The van der Waals surface area contributed by atoms with E-state index in [4.69, 9.17) is 10.8 Å². The summed E-state index contributed by atoms with van der Waals surface area (Å²) in [4.78, 5) is 0. The Kier molecular flexibility index (Phi) is 2.15. The highest BCUT2D eigenvalue weighted by molar-refractivity contribution is 5.27. The maximum atomic E-state index is 6.23. The van der Waals surface area contributed by atoms with E-state index in [1.807, 2.05) is 0 Å². The van der Waals surface area contributed by atoms with E-state index in [1.54, 1.807) is 0 Å². The summed E-state index contributed by atoms with van der Waals surface area (Å²) in [7, 11) is 0. The van der Waals surface area contributed by atoms with Crippen molar-refractivity contribution in [1.82, 2.24) is 9.78 Å². The first kappa shape index (κ1) is 10.3. The summed E-state index contributed by atoms with van der Waals surface area (Å²) >= 11 is 0. The van der Waals surface area contributed by atoms with Crippen molar-refractivity contribution in [2.45, 2.75) is 63.5 Å². The molecule has 2 aliphatic carbocycles. The van der Waals surface area contributed by atoms with Crippen LogP contribution in [0.1, 0.15) is 69.3 Å². The van der Waals surface area contributed by atoms with Crippen LogP contribution >= 0.6 is 0 Å². The highest BCUT2D eigenvalue weighted by atomic mass is 15.3. The van der Waals surface area contributed by atoms with Gasteiger partial charge < -0.3 is 5.73 Å². The Hall–Kier alpha value is -0.830. The first-order valence-electron chi connectivity index (χ1n) is 6.49. The van der Waals surface area contributed by atoms with Crippen molar-refractivity contribution in [3.05, 3.63) is 17.5 Å². The maximum absolute atomic E-state index is 6.23. The second-order valence-corrected chi connectivity index (χ2v) is 5.78. The molecule has 1 heterocycles. The van der Waals surface area contributed by atoms with Crippen molar-refractivity contribution >= 4 is 0 Å². The van der Waals surface area contributed by atoms with Gasteiger partial charge in [0.1, 0.15) is 0 Å². The summed E-state index contributed by atoms with van der Waals surface area (Å²) in [6.07, 6.45) is 6.24. The van der Waals surface area contributed by atoms with Gasteiger partial charge in [0.05, 0.1) is 11.2 Å². The third-order valence-electron chi connectivity index (χ3n) is 4.08. The van der Waals surface area contributed by atoms with E-state index >= 15 is 0 Å². The van der Waals surface area contributed by atoms with Crippen molar-refractivity contribution in [2.24, 2.45) is 5.73 Å². The quantitative estimate of drug-likeness (QED) is 0.849. The fourth-order valence-corrected chi connectivity index (χ4v) is 2.47. The molecule has 1 aromatic rings. The van der Waals surface area contributed by atoms with Gasteiger partial charge in [-0.1, -0.05) is 6.42 Å². The third kappa shape index (κ3) is 1.49. The monoisotopic (exact) mass is 219 g/mol. The van der Waals surface area contributed by atoms with Gasteiger partial charge in [0.2, 0.25) is 0 Å². The summed E-state index contributed by atoms with van der Waals surface area (Å²) in [6, 6.07) is 2.73. The minimum Gasteiger partial charge on any atom is -0.320 e. The van der Waals surface area contributed by atoms with Gasteiger partial charge in [-0.3, -0.25) is 4.68 Å². The highest BCUT2D eigenvalue weighted by Crippen LogP contribution is 2.45. The predicted octanol–water partition coefficient (Wildman–Crippen LogP) is 2.68. The van der Waals surface area contributed by atoms with E-state index in [-0.39, 0.29) is 5.54 Å². The lowest BCUT2D eigenvalue weighted by Gasteiger charge is -2.27. The number of rotatable bonds is 3. The van der Waals surface area contributed by atoms with E-state index in [9.17, 15) is 0 Å². The van der Waals surface area contributed by atoms with Crippen LogP contribution in [0.2, 0.25) is 0 Å². The molecular weight excluding hydrogens is 198 g/mol. The molecule has 2 N–H and O–H groups in total. The summed E-state index contributed by atoms with van der Waals surface area (Å²) in [5, 5.41) is 4.74. The fourth-order valence-electron chi connectivity index (χ4n) is 2.47. The summed E-state index contributed by atoms with van der Waals surface area (Å²) in [6.45, 7) is 4.41. The van der Waals surface area contributed by atoms with Crippen molar-refractivity contribution in [3.63, 3.8) is 0 Å². The molecule has 3 rings (SSSR count). The van der Waals surface area contributed by atoms with Crippen molar-refractivity contribution in [2.75, 3.05) is 0 Å². The molecule has 2 fully saturated rings. The summed E-state index contributed by atoms with van der Waals surface area (Å²) in [5.74, 6) is 0.742. The molecule has 0 radical (unpaired) electrons. The molecule has 88 valence electrons. The second kappa shape index (κ2) is 3.33. The van der Waals surface area contributed by atoms with Crippen molar-refractivity contribution in [1.29, 1.82) is 0 Å². The molecule has 2 saturated carbocycles. The summed E-state index contributed by atoms with van der Waals surface area (Å²) < 4.78 is 2.20. The van der Waals surface area contributed by atoms with Gasteiger partial charge in [-0.25, -0.2) is 0 Å². The number of nitrogens with two attached hydrogens (primary N) is 1. The van der Waals surface area contributed by atoms with Crippen LogP contribution in [0.25, 0.3) is 0 Å². The molecular formula is C13H21N3. The SMILES string of the molecule is CC(C)n1nc(C2(N)CC2)cc1C1CCC1. The molecule has 0 saturated heterocycles. The molecule has 0 atom stereocenters. The molecule has 0 amide bonds. The summed E-state index contributed by atoms with van der Waals surface area (Å²) in [5.41, 5.74) is 8.70. The number of hydrogen-bond acceptors (Lipinski definition) is 2. The Balaban J connectivity index is 1.97. The van der Waals surface area contributed by atoms with E-state index in [2.05, 4.69) is 24.6 Å². The van der Waals surface area contributed by atoms with E-state index in [0.717, 1.165) is 24.5 Å². The van der Waals surface area contributed by atoms with Gasteiger partial charge in [0.15, 0.2) is 0 Å². The zero-order valence-corrected chi connectivity index (χ0v) is 10.2. The van der Waals surface area contributed by atoms with Crippen molar-refractivity contribution in [3.8, 4) is 0 Å². The molecule has 0 aromatic carbocycles. The topological polar surface area (TPSA) is 43.8 Å². The zero-order valence-electron chi connectivity index (χ0n) is 10.2. The lowest BCUT2D eigenvalue weighted by Crippen LogP contribution is -2.20. The van der Waals surface area contributed by atoms with Crippen LogP contribution in [0.5, 0.6) is 0 Å². The Morgan fingerprint density at radius 2 is 2.12 bits per heavy atom. The lowest BCUT2D eigenvalue weighted by atomic mass is 9.82. The van der Waals surface area contributed by atoms with Crippen LogP contribution in [-0.2, 0) is 5.54 Å². The largest absolute Gasteiger partial charge is 0.320 e. The average Bonchev–Trinajstić information content (AvgIpc) is 2.75. The highest BCUT2D eigenvalue weighted by Gasteiger charge is 2.43. The predicted molar refractivity (Wildman–Crippen MR) is 64.3 cm³/mol. The average molecular weight is 219 g/mol. The van der Waals surface area contributed by atoms with Gasteiger partial charge in [-0.15, -0.1) is 0 Å². The molecule has 3 heteroatoms. The van der Waals surface area contributed by atoms with Crippen LogP contribution in [0.4, 0.5) is 0 Å². The lowest BCUT2D eigenvalue weighted by molar-refractivity contribution is 0.375. The van der Waals surface area contributed by atoms with Crippen LogP contribution < -0.4 is 5.73 Å². The molecule has 3 nitrogen and oxygen atoms in total. The molecule has 1 aromatic heterocycles. The van der Waals surface area contributed by atoms with Gasteiger partial charge in [0.25, 0.3) is 0 Å². The van der Waals surface area contributed by atoms with Gasteiger partial charge in [-0.2, -0.15) is 5.10 Å². The van der Waals surface area contributed by atoms with E-state index < -0.39 is 0 Å². The van der Waals surface area contributed by atoms with Crippen LogP contribution in [0, 0.1) is 0 Å². The van der Waals surface area contributed by atoms with E-state index in [0.29, 0.717) is 6.04 Å². The number of nitrogens with zero attached hydrogens (tertiary/aromatic N) is 2. The van der Waals surface area contributed by atoms with Crippen LogP contribution in [-0.4, -0.2) is 9.78 Å². The molecule has 0 unspecified atom stereocenters. The van der Waals surface area contributed by atoms with Gasteiger partial charge >= 0.3 is 0 Å². The Morgan fingerprint density at radius 3 is 2.56 bits per heavy atom. The van der Waals surface area contributed by atoms with Crippen LogP contribution in [0.15, 0.2) is 6.07 Å². The molecule has 2 aliphatic rings. The third-order valence-corrected chi connectivity index (χ3v) is 4.08. The van der Waals surface area contributed by atoms with Gasteiger partial charge in [-0.05, 0) is 45.6 Å². The molecule has 16 heavy (non-hydrogen) atoms. The Labute approximate surface area is 97.0 Å². The van der Waals surface area contributed by atoms with E-state index in [1.165, 1.54) is 25.0 Å². The first-order valence-corrected chi connectivity index (χ1v) is 6.49. The fraction of sp³-hybridized carbons (Fsp3) is 0.769. The number of aromatic nitrogens is 2. The Morgan fingerprint density at radius 1 is 1.44 bits per heavy atom. The standard InChI is InChI=1S/C13H21N3/c1-9(2)16-11(10-4-3-5-10)8-12(15-16)13(14)6-7-13/h8-10H,3-7,14H2,1-2H3. The molecule has 0 spiro atoms. The number of hydrogen-bond donors (Lipinski definition) is 1. The Bertz CT molecular complexity index is 397. The molecule has 0 aliphatic heterocycles. The second-order valence-electron chi connectivity index (χ2n) is 5.78. The van der Waals surface area contributed by atoms with Gasteiger partial charge in [0, 0.05) is 17.7 Å².